The molecule has 0 saturated carbocycles. The van der Waals surface area contributed by atoms with Crippen LogP contribution in [0.4, 0.5) is 5.69 Å². The van der Waals surface area contributed by atoms with Crippen molar-refractivity contribution in [2.75, 3.05) is 38.3 Å². The van der Waals surface area contributed by atoms with Gasteiger partial charge in [0.15, 0.2) is 17.2 Å². The number of nitrogens with zero attached hydrogens (tertiary/aromatic N) is 1. The predicted molar refractivity (Wildman–Crippen MR) is 130 cm³/mol. The van der Waals surface area contributed by atoms with Gasteiger partial charge in [-0.3, -0.25) is 4.79 Å². The molecule has 1 N–H and O–H groups in total. The molecule has 1 aromatic carbocycles. The van der Waals surface area contributed by atoms with E-state index in [4.69, 9.17) is 14.2 Å². The molecular weight excluding hydrogens is 512 g/mol. The summed E-state index contributed by atoms with van der Waals surface area (Å²) >= 11 is 4.72. The summed E-state index contributed by atoms with van der Waals surface area (Å²) in [4.78, 5) is 39.5. The van der Waals surface area contributed by atoms with Crippen LogP contribution in [0.1, 0.15) is 36.4 Å². The SMILES string of the molecule is CCOC(=O)COc1c(C(=O)OC)sc(-c2cccc(N(C(C)=O)C3CCNCC3)c2)c1Br. The van der Waals surface area contributed by atoms with Gasteiger partial charge in [0.05, 0.1) is 23.1 Å². The molecule has 0 spiro atoms. The minimum absolute atomic E-state index is 0.0157. The Balaban J connectivity index is 1.97. The second-order valence-corrected chi connectivity index (χ2v) is 9.22. The summed E-state index contributed by atoms with van der Waals surface area (Å²) in [5.74, 6) is -0.892. The van der Waals surface area contributed by atoms with Crippen LogP contribution in [0.5, 0.6) is 5.75 Å². The Bertz CT molecular complexity index is 1020. The Labute approximate surface area is 205 Å². The molecule has 1 fully saturated rings. The number of hydrogen-bond acceptors (Lipinski definition) is 8. The van der Waals surface area contributed by atoms with E-state index in [9.17, 15) is 14.4 Å². The van der Waals surface area contributed by atoms with E-state index in [1.807, 2.05) is 29.2 Å². The minimum Gasteiger partial charge on any atom is -0.479 e. The molecule has 2 aromatic rings. The fourth-order valence-corrected chi connectivity index (χ4v) is 5.75. The standard InChI is InChI=1S/C23H27BrN2O6S/c1-4-31-18(28)13-32-20-19(24)21(33-22(20)23(29)30-3)15-6-5-7-17(12-15)26(14(2)27)16-8-10-25-11-9-16/h5-7,12,16,25H,4,8-11,13H2,1-3H3. The first-order valence-corrected chi connectivity index (χ1v) is 12.3. The lowest BCUT2D eigenvalue weighted by molar-refractivity contribution is -0.145. The maximum Gasteiger partial charge on any atom is 0.351 e. The van der Waals surface area contributed by atoms with Gasteiger partial charge in [0, 0.05) is 18.7 Å². The molecule has 178 valence electrons. The number of hydrogen-bond donors (Lipinski definition) is 1. The van der Waals surface area contributed by atoms with Crippen LogP contribution in [0, 0.1) is 0 Å². The molecule has 0 unspecified atom stereocenters. The van der Waals surface area contributed by atoms with Crippen molar-refractivity contribution < 1.29 is 28.6 Å². The van der Waals surface area contributed by atoms with Crippen molar-refractivity contribution in [1.29, 1.82) is 0 Å². The number of ether oxygens (including phenoxy) is 3. The number of carbonyl (C=O) groups excluding carboxylic acids is 3. The minimum atomic E-state index is -0.568. The van der Waals surface area contributed by atoms with Crippen LogP contribution in [0.15, 0.2) is 28.7 Å². The van der Waals surface area contributed by atoms with E-state index in [1.165, 1.54) is 18.4 Å². The van der Waals surface area contributed by atoms with Gasteiger partial charge in [-0.2, -0.15) is 0 Å². The summed E-state index contributed by atoms with van der Waals surface area (Å²) in [6.07, 6.45) is 1.76. The monoisotopic (exact) mass is 538 g/mol. The molecule has 0 bridgehead atoms. The molecule has 8 nitrogen and oxygen atoms in total. The number of thiophene rings is 1. The van der Waals surface area contributed by atoms with E-state index < -0.39 is 11.9 Å². The first kappa shape index (κ1) is 25.2. The summed E-state index contributed by atoms with van der Waals surface area (Å²) in [6, 6.07) is 7.74. The van der Waals surface area contributed by atoms with Crippen LogP contribution in [0.25, 0.3) is 10.4 Å². The van der Waals surface area contributed by atoms with Gasteiger partial charge in [-0.15, -0.1) is 11.3 Å². The molecule has 1 aliphatic heterocycles. The van der Waals surface area contributed by atoms with E-state index in [0.29, 0.717) is 4.47 Å². The molecule has 2 heterocycles. The highest BCUT2D eigenvalue weighted by molar-refractivity contribution is 9.10. The number of halogens is 1. The summed E-state index contributed by atoms with van der Waals surface area (Å²) in [6.45, 7) is 4.92. The lowest BCUT2D eigenvalue weighted by Gasteiger charge is -2.34. The van der Waals surface area contributed by atoms with Gasteiger partial charge >= 0.3 is 11.9 Å². The Hall–Kier alpha value is -2.43. The van der Waals surface area contributed by atoms with Gasteiger partial charge in [-0.1, -0.05) is 12.1 Å². The number of piperidine rings is 1. The second kappa shape index (κ2) is 11.6. The number of methoxy groups -OCH3 is 1. The number of anilines is 1. The highest BCUT2D eigenvalue weighted by Crippen LogP contribution is 2.46. The Morgan fingerprint density at radius 3 is 2.61 bits per heavy atom. The first-order valence-electron chi connectivity index (χ1n) is 10.7. The number of esters is 2. The van der Waals surface area contributed by atoms with Gasteiger partial charge < -0.3 is 24.4 Å². The maximum absolute atomic E-state index is 12.5. The van der Waals surface area contributed by atoms with Gasteiger partial charge in [0.1, 0.15) is 0 Å². The lowest BCUT2D eigenvalue weighted by atomic mass is 10.0. The summed E-state index contributed by atoms with van der Waals surface area (Å²) in [7, 11) is 1.29. The van der Waals surface area contributed by atoms with E-state index in [0.717, 1.165) is 42.1 Å². The van der Waals surface area contributed by atoms with Gasteiger partial charge in [0.25, 0.3) is 0 Å². The van der Waals surface area contributed by atoms with Gasteiger partial charge in [-0.25, -0.2) is 9.59 Å². The number of nitrogens with one attached hydrogen (secondary N) is 1. The van der Waals surface area contributed by atoms with E-state index >= 15 is 0 Å². The topological polar surface area (TPSA) is 94.2 Å². The van der Waals surface area contributed by atoms with Crippen molar-refractivity contribution in [1.82, 2.24) is 5.32 Å². The zero-order chi connectivity index (χ0) is 24.0. The number of amides is 1. The van der Waals surface area contributed by atoms with Crippen molar-refractivity contribution in [3.8, 4) is 16.2 Å². The average Bonchev–Trinajstić information content (AvgIpc) is 3.14. The summed E-state index contributed by atoms with van der Waals surface area (Å²) in [5.41, 5.74) is 1.60. The third-order valence-corrected chi connectivity index (χ3v) is 7.44. The smallest absolute Gasteiger partial charge is 0.351 e. The summed E-state index contributed by atoms with van der Waals surface area (Å²) < 4.78 is 16.0. The molecule has 1 saturated heterocycles. The fourth-order valence-electron chi connectivity index (χ4n) is 3.78. The van der Waals surface area contributed by atoms with Crippen LogP contribution < -0.4 is 15.0 Å². The molecular formula is C23H27BrN2O6S. The predicted octanol–water partition coefficient (Wildman–Crippen LogP) is 4.01. The molecule has 1 aliphatic rings. The van der Waals surface area contributed by atoms with Crippen molar-refractivity contribution in [3.63, 3.8) is 0 Å². The van der Waals surface area contributed by atoms with Crippen molar-refractivity contribution in [3.05, 3.63) is 33.6 Å². The van der Waals surface area contributed by atoms with Crippen molar-refractivity contribution in [2.45, 2.75) is 32.7 Å². The highest BCUT2D eigenvalue weighted by atomic mass is 79.9. The van der Waals surface area contributed by atoms with Crippen molar-refractivity contribution >= 4 is 50.8 Å². The van der Waals surface area contributed by atoms with Crippen molar-refractivity contribution in [2.24, 2.45) is 0 Å². The van der Waals surface area contributed by atoms with Crippen LogP contribution >= 0.6 is 27.3 Å². The Morgan fingerprint density at radius 1 is 1.24 bits per heavy atom. The molecule has 0 radical (unpaired) electrons. The van der Waals surface area contributed by atoms with Gasteiger partial charge in [-0.05, 0) is 66.5 Å². The van der Waals surface area contributed by atoms with Crippen LogP contribution in [-0.2, 0) is 19.1 Å². The van der Waals surface area contributed by atoms with Crippen LogP contribution in [0.2, 0.25) is 0 Å². The Morgan fingerprint density at radius 2 is 1.97 bits per heavy atom. The zero-order valence-corrected chi connectivity index (χ0v) is 21.2. The third kappa shape index (κ3) is 5.93. The molecule has 10 heteroatoms. The number of carbonyl (C=O) groups is 3. The molecule has 1 aromatic heterocycles. The Kier molecular flexibility index (Phi) is 8.87. The first-order chi connectivity index (χ1) is 15.9. The maximum atomic E-state index is 12.5. The molecule has 3 rings (SSSR count). The lowest BCUT2D eigenvalue weighted by Crippen LogP contribution is -2.45. The quantitative estimate of drug-likeness (QED) is 0.507. The zero-order valence-electron chi connectivity index (χ0n) is 18.8. The molecule has 33 heavy (non-hydrogen) atoms. The highest BCUT2D eigenvalue weighted by Gasteiger charge is 2.28. The van der Waals surface area contributed by atoms with E-state index in [1.54, 1.807) is 13.8 Å². The fraction of sp³-hybridized carbons (Fsp3) is 0.435. The number of benzene rings is 1. The third-order valence-electron chi connectivity index (χ3n) is 5.22. The van der Waals surface area contributed by atoms with E-state index in [2.05, 4.69) is 21.2 Å². The average molecular weight is 539 g/mol. The summed E-state index contributed by atoms with van der Waals surface area (Å²) in [5, 5.41) is 3.32. The van der Waals surface area contributed by atoms with E-state index in [-0.39, 0.29) is 35.8 Å². The molecule has 0 atom stereocenters. The van der Waals surface area contributed by atoms with Crippen LogP contribution in [0.3, 0.4) is 0 Å². The number of rotatable bonds is 8. The molecule has 0 aliphatic carbocycles. The van der Waals surface area contributed by atoms with Gasteiger partial charge in [0.2, 0.25) is 5.91 Å². The second-order valence-electron chi connectivity index (χ2n) is 7.41. The molecule has 1 amide bonds. The largest absolute Gasteiger partial charge is 0.479 e. The van der Waals surface area contributed by atoms with Crippen LogP contribution in [-0.4, -0.2) is 57.3 Å². The normalized spacial score (nSPS) is 13.9.